The van der Waals surface area contributed by atoms with Gasteiger partial charge in [-0.05, 0) is 35.2 Å². The molecular formula is C15H13NO4S. The van der Waals surface area contributed by atoms with E-state index in [-0.39, 0.29) is 5.75 Å². The molecular weight excluding hydrogens is 290 g/mol. The summed E-state index contributed by atoms with van der Waals surface area (Å²) in [5, 5.41) is 22.5. The number of aromatic hydroxyl groups is 1. The molecule has 1 amide bonds. The largest absolute Gasteiger partial charge is 0.508 e. The van der Waals surface area contributed by atoms with Gasteiger partial charge in [-0.2, -0.15) is 0 Å². The van der Waals surface area contributed by atoms with Crippen molar-refractivity contribution in [2.75, 3.05) is 0 Å². The second-order valence-corrected chi connectivity index (χ2v) is 5.20. The fourth-order valence-corrected chi connectivity index (χ4v) is 2.43. The average Bonchev–Trinajstić information content (AvgIpc) is 2.97. The van der Waals surface area contributed by atoms with E-state index < -0.39 is 17.9 Å². The summed E-state index contributed by atoms with van der Waals surface area (Å²) in [6.07, 6.45) is 2.80. The topological polar surface area (TPSA) is 86.6 Å². The molecule has 2 aromatic rings. The summed E-state index contributed by atoms with van der Waals surface area (Å²) in [4.78, 5) is 23.5. The van der Waals surface area contributed by atoms with E-state index in [1.165, 1.54) is 29.5 Å². The highest BCUT2D eigenvalue weighted by molar-refractivity contribution is 7.10. The van der Waals surface area contributed by atoms with Gasteiger partial charge in [0.1, 0.15) is 5.75 Å². The number of carboxylic acid groups (broad SMARTS) is 1. The van der Waals surface area contributed by atoms with Gasteiger partial charge in [-0.1, -0.05) is 18.2 Å². The molecule has 21 heavy (non-hydrogen) atoms. The Balaban J connectivity index is 2.03. The van der Waals surface area contributed by atoms with Crippen LogP contribution in [-0.4, -0.2) is 22.1 Å². The molecule has 0 saturated heterocycles. The van der Waals surface area contributed by atoms with Crippen molar-refractivity contribution in [2.45, 2.75) is 6.04 Å². The molecule has 0 spiro atoms. The molecule has 5 nitrogen and oxygen atoms in total. The first-order valence-electron chi connectivity index (χ1n) is 6.10. The van der Waals surface area contributed by atoms with Crippen LogP contribution in [0.4, 0.5) is 0 Å². The lowest BCUT2D eigenvalue weighted by molar-refractivity contribution is -0.141. The lowest BCUT2D eigenvalue weighted by atomic mass is 10.2. The summed E-state index contributed by atoms with van der Waals surface area (Å²) >= 11 is 1.27. The number of aliphatic carboxylic acids is 1. The van der Waals surface area contributed by atoms with Crippen molar-refractivity contribution in [3.8, 4) is 5.75 Å². The first-order valence-corrected chi connectivity index (χ1v) is 6.98. The Morgan fingerprint density at radius 3 is 2.48 bits per heavy atom. The SMILES string of the molecule is O=C(/C=C/c1ccc(O)cc1)NC(C(=O)O)c1cccs1. The lowest BCUT2D eigenvalue weighted by Gasteiger charge is -2.11. The van der Waals surface area contributed by atoms with Crippen LogP contribution < -0.4 is 5.32 Å². The van der Waals surface area contributed by atoms with Gasteiger partial charge in [-0.3, -0.25) is 4.79 Å². The van der Waals surface area contributed by atoms with Gasteiger partial charge in [0.15, 0.2) is 6.04 Å². The number of amides is 1. The summed E-state index contributed by atoms with van der Waals surface area (Å²) in [6.45, 7) is 0. The van der Waals surface area contributed by atoms with Crippen LogP contribution in [-0.2, 0) is 9.59 Å². The summed E-state index contributed by atoms with van der Waals surface area (Å²) in [6, 6.07) is 8.64. The number of carbonyl (C=O) groups excluding carboxylic acids is 1. The second kappa shape index (κ2) is 6.71. The van der Waals surface area contributed by atoms with E-state index in [2.05, 4.69) is 5.32 Å². The molecule has 1 atom stereocenters. The third-order valence-electron chi connectivity index (χ3n) is 2.68. The molecule has 0 bridgehead atoms. The molecule has 0 radical (unpaired) electrons. The zero-order valence-corrected chi connectivity index (χ0v) is 11.7. The summed E-state index contributed by atoms with van der Waals surface area (Å²) < 4.78 is 0. The lowest BCUT2D eigenvalue weighted by Crippen LogP contribution is -2.31. The minimum atomic E-state index is -1.11. The van der Waals surface area contributed by atoms with Gasteiger partial charge < -0.3 is 15.5 Å². The van der Waals surface area contributed by atoms with Crippen LogP contribution in [0.5, 0.6) is 5.75 Å². The molecule has 6 heteroatoms. The molecule has 1 aromatic carbocycles. The number of nitrogens with one attached hydrogen (secondary N) is 1. The van der Waals surface area contributed by atoms with E-state index in [0.29, 0.717) is 4.88 Å². The molecule has 0 aliphatic heterocycles. The Bertz CT molecular complexity index is 647. The molecule has 1 aromatic heterocycles. The van der Waals surface area contributed by atoms with Gasteiger partial charge in [0.2, 0.25) is 5.91 Å². The van der Waals surface area contributed by atoms with E-state index >= 15 is 0 Å². The van der Waals surface area contributed by atoms with E-state index in [9.17, 15) is 9.59 Å². The number of carboxylic acids is 1. The highest BCUT2D eigenvalue weighted by Gasteiger charge is 2.21. The third-order valence-corrected chi connectivity index (χ3v) is 3.62. The maximum Gasteiger partial charge on any atom is 0.331 e. The smallest absolute Gasteiger partial charge is 0.331 e. The number of thiophene rings is 1. The third kappa shape index (κ3) is 4.19. The van der Waals surface area contributed by atoms with E-state index in [4.69, 9.17) is 10.2 Å². The quantitative estimate of drug-likeness (QED) is 0.740. The average molecular weight is 303 g/mol. The molecule has 1 unspecified atom stereocenters. The molecule has 0 fully saturated rings. The maximum absolute atomic E-state index is 11.8. The molecule has 0 aliphatic rings. The number of rotatable bonds is 5. The van der Waals surface area contributed by atoms with Crippen LogP contribution in [0.25, 0.3) is 6.08 Å². The maximum atomic E-state index is 11.8. The Kier molecular flexibility index (Phi) is 4.73. The van der Waals surface area contributed by atoms with Crippen molar-refractivity contribution in [1.82, 2.24) is 5.32 Å². The van der Waals surface area contributed by atoms with Gasteiger partial charge in [0.05, 0.1) is 0 Å². The first kappa shape index (κ1) is 14.8. The van der Waals surface area contributed by atoms with Crippen LogP contribution in [0.2, 0.25) is 0 Å². The zero-order valence-electron chi connectivity index (χ0n) is 10.9. The number of carbonyl (C=O) groups is 2. The van der Waals surface area contributed by atoms with Crippen molar-refractivity contribution in [3.05, 3.63) is 58.3 Å². The van der Waals surface area contributed by atoms with Crippen molar-refractivity contribution >= 4 is 29.3 Å². The van der Waals surface area contributed by atoms with Crippen LogP contribution >= 0.6 is 11.3 Å². The standard InChI is InChI=1S/C15H13NO4S/c17-11-6-3-10(4-7-11)5-8-13(18)16-14(15(19)20)12-2-1-9-21-12/h1-9,14,17H,(H,16,18)(H,19,20)/b8-5+. The normalized spacial score (nSPS) is 12.2. The fraction of sp³-hybridized carbons (Fsp3) is 0.0667. The molecule has 2 rings (SSSR count). The molecule has 108 valence electrons. The molecule has 3 N–H and O–H groups in total. The molecule has 0 aliphatic carbocycles. The predicted octanol–water partition coefficient (Wildman–Crippen LogP) is 2.41. The van der Waals surface area contributed by atoms with Gasteiger partial charge in [-0.25, -0.2) is 4.79 Å². The van der Waals surface area contributed by atoms with Crippen molar-refractivity contribution in [3.63, 3.8) is 0 Å². The highest BCUT2D eigenvalue weighted by atomic mass is 32.1. The van der Waals surface area contributed by atoms with Gasteiger partial charge in [0.25, 0.3) is 0 Å². The van der Waals surface area contributed by atoms with Crippen molar-refractivity contribution < 1.29 is 19.8 Å². The number of hydrogen-bond donors (Lipinski definition) is 3. The van der Waals surface area contributed by atoms with Crippen LogP contribution in [0.1, 0.15) is 16.5 Å². The Labute approximate surface area is 125 Å². The second-order valence-electron chi connectivity index (χ2n) is 4.22. The zero-order chi connectivity index (χ0) is 15.2. The Hall–Kier alpha value is -2.60. The van der Waals surface area contributed by atoms with E-state index in [0.717, 1.165) is 5.56 Å². The summed E-state index contributed by atoms with van der Waals surface area (Å²) in [7, 11) is 0. The minimum absolute atomic E-state index is 0.139. The van der Waals surface area contributed by atoms with Crippen molar-refractivity contribution in [1.29, 1.82) is 0 Å². The molecule has 0 saturated carbocycles. The van der Waals surface area contributed by atoms with Crippen molar-refractivity contribution in [2.24, 2.45) is 0 Å². The van der Waals surface area contributed by atoms with Gasteiger partial charge in [-0.15, -0.1) is 11.3 Å². The fourth-order valence-electron chi connectivity index (χ4n) is 1.66. The van der Waals surface area contributed by atoms with Crippen LogP contribution in [0.3, 0.4) is 0 Å². The highest BCUT2D eigenvalue weighted by Crippen LogP contribution is 2.19. The first-order chi connectivity index (χ1) is 10.1. The predicted molar refractivity (Wildman–Crippen MR) is 80.0 cm³/mol. The summed E-state index contributed by atoms with van der Waals surface area (Å²) in [5.41, 5.74) is 0.728. The number of hydrogen-bond acceptors (Lipinski definition) is 4. The van der Waals surface area contributed by atoms with Crippen LogP contribution in [0, 0.1) is 0 Å². The van der Waals surface area contributed by atoms with Gasteiger partial charge >= 0.3 is 5.97 Å². The number of phenolic OH excluding ortho intramolecular Hbond substituents is 1. The Morgan fingerprint density at radius 2 is 1.90 bits per heavy atom. The van der Waals surface area contributed by atoms with Gasteiger partial charge in [0, 0.05) is 11.0 Å². The summed E-state index contributed by atoms with van der Waals surface area (Å²) in [5.74, 6) is -1.46. The Morgan fingerprint density at radius 1 is 1.19 bits per heavy atom. The number of benzene rings is 1. The molecule has 1 heterocycles. The van der Waals surface area contributed by atoms with E-state index in [1.54, 1.807) is 35.7 Å². The minimum Gasteiger partial charge on any atom is -0.508 e. The number of phenols is 1. The van der Waals surface area contributed by atoms with E-state index in [1.807, 2.05) is 0 Å². The van der Waals surface area contributed by atoms with Crippen LogP contribution in [0.15, 0.2) is 47.9 Å². The monoisotopic (exact) mass is 303 g/mol.